The molecule has 0 saturated carbocycles. The molecule has 214 valence electrons. The predicted octanol–water partition coefficient (Wildman–Crippen LogP) is 6.39. The van der Waals surface area contributed by atoms with Gasteiger partial charge in [-0.15, -0.1) is 0 Å². The molecule has 3 amide bonds. The number of anilines is 3. The van der Waals surface area contributed by atoms with Crippen LogP contribution in [-0.4, -0.2) is 38.4 Å². The van der Waals surface area contributed by atoms with Crippen LogP contribution in [0.5, 0.6) is 11.5 Å². The van der Waals surface area contributed by atoms with E-state index in [2.05, 4.69) is 41.7 Å². The quantitative estimate of drug-likeness (QED) is 0.181. The highest BCUT2D eigenvalue weighted by Gasteiger charge is 2.22. The Hall–Kier alpha value is -5.22. The third-order valence-corrected chi connectivity index (χ3v) is 6.50. The Morgan fingerprint density at radius 3 is 2.36 bits per heavy atom. The highest BCUT2D eigenvalue weighted by atomic mass is 16.5. The van der Waals surface area contributed by atoms with Crippen LogP contribution in [-0.2, 0) is 10.2 Å². The van der Waals surface area contributed by atoms with Gasteiger partial charge in [-0.2, -0.15) is 5.10 Å². The molecule has 10 nitrogen and oxygen atoms in total. The molecule has 0 spiro atoms. The summed E-state index contributed by atoms with van der Waals surface area (Å²) in [6.45, 7) is 7.60. The number of carbonyl (C=O) groups excluding carboxylic acids is 2. The molecule has 0 bridgehead atoms. The summed E-state index contributed by atoms with van der Waals surface area (Å²) < 4.78 is 7.85. The number of hydrogen-bond acceptors (Lipinski definition) is 6. The molecule has 0 aliphatic heterocycles. The van der Waals surface area contributed by atoms with Gasteiger partial charge >= 0.3 is 6.03 Å². The van der Waals surface area contributed by atoms with E-state index >= 15 is 0 Å². The molecule has 3 aromatic carbocycles. The van der Waals surface area contributed by atoms with Crippen molar-refractivity contribution in [3.8, 4) is 17.2 Å². The summed E-state index contributed by atoms with van der Waals surface area (Å²) in [7, 11) is 0. The van der Waals surface area contributed by atoms with Crippen LogP contribution in [0.2, 0.25) is 0 Å². The number of carbonyl (C=O) groups is 2. The Morgan fingerprint density at radius 2 is 1.64 bits per heavy atom. The van der Waals surface area contributed by atoms with Gasteiger partial charge in [0.15, 0.2) is 0 Å². The van der Waals surface area contributed by atoms with Gasteiger partial charge in [0.1, 0.15) is 29.7 Å². The van der Waals surface area contributed by atoms with Gasteiger partial charge in [0.25, 0.3) is 5.91 Å². The van der Waals surface area contributed by atoms with Crippen LogP contribution in [0, 0.1) is 6.92 Å². The number of rotatable bonds is 7. The monoisotopic (exact) mass is 564 g/mol. The maximum absolute atomic E-state index is 13.3. The molecule has 0 aliphatic carbocycles. The van der Waals surface area contributed by atoms with Crippen LogP contribution in [0.1, 0.15) is 32.0 Å². The number of pyridine rings is 1. The first-order chi connectivity index (χ1) is 20.1. The lowest BCUT2D eigenvalue weighted by atomic mass is 9.92. The minimum Gasteiger partial charge on any atom is -0.457 e. The Balaban J connectivity index is 1.40. The highest BCUT2D eigenvalue weighted by molar-refractivity contribution is 6.07. The first kappa shape index (κ1) is 28.3. The molecule has 2 aromatic heterocycles. The van der Waals surface area contributed by atoms with Gasteiger partial charge in [0.2, 0.25) is 0 Å². The number of aromatic nitrogens is 3. The van der Waals surface area contributed by atoms with Gasteiger partial charge in [-0.1, -0.05) is 62.7 Å². The summed E-state index contributed by atoms with van der Waals surface area (Å²) >= 11 is 0. The largest absolute Gasteiger partial charge is 0.457 e. The number of aliphatic hydroxyl groups is 1. The first-order valence-electron chi connectivity index (χ1n) is 13.4. The third kappa shape index (κ3) is 6.39. The van der Waals surface area contributed by atoms with Crippen LogP contribution in [0.15, 0.2) is 85.1 Å². The van der Waals surface area contributed by atoms with Crippen LogP contribution >= 0.6 is 0 Å². The standard InChI is InChI=1S/C32H32N6O4/c1-20-9-11-21(12-10-20)38-29(18-27(37-38)32(2,3)4)36-31(41)34-25-13-14-26(24-8-6-5-7-23(24)25)42-22-15-16-33-28(17-22)35-30(40)19-39/h5-18,39H,19H2,1-4H3,(H,33,35,40)(H2,34,36,41). The fourth-order valence-electron chi connectivity index (χ4n) is 4.31. The number of amides is 3. The van der Waals surface area contributed by atoms with E-state index in [1.165, 1.54) is 6.20 Å². The number of benzene rings is 3. The minimum atomic E-state index is -0.647. The summed E-state index contributed by atoms with van der Waals surface area (Å²) in [6.07, 6.45) is 1.50. The molecule has 0 unspecified atom stereocenters. The Bertz CT molecular complexity index is 1760. The number of urea groups is 1. The summed E-state index contributed by atoms with van der Waals surface area (Å²) in [5, 5.41) is 23.8. The average Bonchev–Trinajstić information content (AvgIpc) is 3.39. The first-order valence-corrected chi connectivity index (χ1v) is 13.4. The van der Waals surface area contributed by atoms with E-state index in [0.717, 1.165) is 27.7 Å². The Morgan fingerprint density at radius 1 is 0.905 bits per heavy atom. The number of aryl methyl sites for hydroxylation is 1. The molecule has 5 aromatic rings. The fraction of sp³-hybridized carbons (Fsp3) is 0.188. The van der Waals surface area contributed by atoms with Crippen molar-refractivity contribution in [2.45, 2.75) is 33.1 Å². The summed E-state index contributed by atoms with van der Waals surface area (Å²) in [5.41, 5.74) is 3.20. The number of fused-ring (bicyclic) bond motifs is 1. The van der Waals surface area contributed by atoms with Gasteiger partial charge < -0.3 is 20.5 Å². The van der Waals surface area contributed by atoms with Gasteiger partial charge in [-0.25, -0.2) is 14.5 Å². The Kier molecular flexibility index (Phi) is 7.90. The number of aliphatic hydroxyl groups excluding tert-OH is 1. The zero-order valence-corrected chi connectivity index (χ0v) is 23.8. The molecule has 0 aliphatic rings. The maximum atomic E-state index is 13.3. The van der Waals surface area contributed by atoms with Crippen molar-refractivity contribution in [3.05, 3.63) is 96.3 Å². The van der Waals surface area contributed by atoms with E-state index in [4.69, 9.17) is 14.9 Å². The molecular weight excluding hydrogens is 532 g/mol. The number of hydrogen-bond donors (Lipinski definition) is 4. The SMILES string of the molecule is Cc1ccc(-n2nc(C(C)(C)C)cc2NC(=O)Nc2ccc(Oc3ccnc(NC(=O)CO)c3)c3ccccc23)cc1. The second-order valence-electron chi connectivity index (χ2n) is 10.8. The van der Waals surface area contributed by atoms with Crippen molar-refractivity contribution in [1.82, 2.24) is 14.8 Å². The second-order valence-corrected chi connectivity index (χ2v) is 10.8. The summed E-state index contributed by atoms with van der Waals surface area (Å²) in [4.78, 5) is 28.9. The van der Waals surface area contributed by atoms with Gasteiger partial charge in [0, 0.05) is 34.5 Å². The van der Waals surface area contributed by atoms with E-state index in [1.807, 2.05) is 61.5 Å². The molecule has 0 atom stereocenters. The lowest BCUT2D eigenvalue weighted by molar-refractivity contribution is -0.118. The second kappa shape index (κ2) is 11.7. The van der Waals surface area contributed by atoms with Gasteiger partial charge in [-0.05, 0) is 37.3 Å². The molecule has 0 radical (unpaired) electrons. The van der Waals surface area contributed by atoms with Gasteiger partial charge in [0.05, 0.1) is 17.1 Å². The summed E-state index contributed by atoms with van der Waals surface area (Å²) in [6, 6.07) is 23.7. The third-order valence-electron chi connectivity index (χ3n) is 6.50. The van der Waals surface area contributed by atoms with Crippen LogP contribution < -0.4 is 20.7 Å². The van der Waals surface area contributed by atoms with Crippen molar-refractivity contribution >= 4 is 40.0 Å². The molecule has 0 saturated heterocycles. The van der Waals surface area contributed by atoms with Crippen molar-refractivity contribution in [3.63, 3.8) is 0 Å². The molecule has 10 heteroatoms. The van der Waals surface area contributed by atoms with E-state index in [9.17, 15) is 9.59 Å². The number of ether oxygens (including phenoxy) is 1. The average molecular weight is 565 g/mol. The van der Waals surface area contributed by atoms with Crippen LogP contribution in [0.3, 0.4) is 0 Å². The van der Waals surface area contributed by atoms with Crippen LogP contribution in [0.4, 0.5) is 22.1 Å². The smallest absolute Gasteiger partial charge is 0.324 e. The molecular formula is C32H32N6O4. The van der Waals surface area contributed by atoms with E-state index < -0.39 is 18.5 Å². The molecule has 4 N–H and O–H groups in total. The van der Waals surface area contributed by atoms with Crippen molar-refractivity contribution in [2.24, 2.45) is 0 Å². The Labute approximate surface area is 243 Å². The topological polar surface area (TPSA) is 130 Å². The van der Waals surface area contributed by atoms with Crippen LogP contribution in [0.25, 0.3) is 16.5 Å². The number of nitrogens with zero attached hydrogens (tertiary/aromatic N) is 3. The predicted molar refractivity (Wildman–Crippen MR) is 164 cm³/mol. The minimum absolute atomic E-state index is 0.213. The fourth-order valence-corrected chi connectivity index (χ4v) is 4.31. The molecule has 0 fully saturated rings. The lowest BCUT2D eigenvalue weighted by Crippen LogP contribution is -2.21. The van der Waals surface area contributed by atoms with E-state index in [1.54, 1.807) is 28.9 Å². The van der Waals surface area contributed by atoms with Gasteiger partial charge in [-0.3, -0.25) is 10.1 Å². The van der Waals surface area contributed by atoms with Crippen molar-refractivity contribution in [1.29, 1.82) is 0 Å². The van der Waals surface area contributed by atoms with E-state index in [-0.39, 0.29) is 11.2 Å². The summed E-state index contributed by atoms with van der Waals surface area (Å²) in [5.74, 6) is 1.23. The zero-order valence-electron chi connectivity index (χ0n) is 23.8. The van der Waals surface area contributed by atoms with Crippen molar-refractivity contribution < 1.29 is 19.4 Å². The lowest BCUT2D eigenvalue weighted by Gasteiger charge is -2.14. The normalized spacial score (nSPS) is 11.3. The maximum Gasteiger partial charge on any atom is 0.324 e. The van der Waals surface area contributed by atoms with Crippen molar-refractivity contribution in [2.75, 3.05) is 22.6 Å². The molecule has 2 heterocycles. The highest BCUT2D eigenvalue weighted by Crippen LogP contribution is 2.35. The molecule has 5 rings (SSSR count). The number of nitrogens with one attached hydrogen (secondary N) is 3. The zero-order chi connectivity index (χ0) is 29.9. The molecule has 42 heavy (non-hydrogen) atoms. The van der Waals surface area contributed by atoms with E-state index in [0.29, 0.717) is 23.0 Å².